The molecule has 0 aliphatic carbocycles. The number of likely N-dealkylation sites (N-methyl/N-ethyl adjacent to an activating group) is 1. The zero-order chi connectivity index (χ0) is 23.1. The van der Waals surface area contributed by atoms with Crippen molar-refractivity contribution < 1.29 is 9.59 Å². The number of nitrogens with zero attached hydrogens (tertiary/aromatic N) is 2. The highest BCUT2D eigenvalue weighted by Gasteiger charge is 2.19. The topological polar surface area (TPSA) is 97.2 Å². The zero-order valence-electron chi connectivity index (χ0n) is 18.0. The van der Waals surface area contributed by atoms with Gasteiger partial charge in [0.2, 0.25) is 11.8 Å². The zero-order valence-corrected chi connectivity index (χ0v) is 18.7. The lowest BCUT2D eigenvalue weighted by Gasteiger charge is -2.12. The van der Waals surface area contributed by atoms with E-state index in [-0.39, 0.29) is 24.0 Å². The predicted molar refractivity (Wildman–Crippen MR) is 125 cm³/mol. The van der Waals surface area contributed by atoms with E-state index in [4.69, 9.17) is 11.6 Å². The third-order valence-electron chi connectivity index (χ3n) is 5.00. The normalized spacial score (nSPS) is 11.7. The van der Waals surface area contributed by atoms with Crippen molar-refractivity contribution in [3.05, 3.63) is 81.7 Å². The molecule has 1 aromatic heterocycles. The molecule has 3 rings (SSSR count). The molecule has 0 bridgehead atoms. The van der Waals surface area contributed by atoms with Gasteiger partial charge in [0.25, 0.3) is 5.56 Å². The van der Waals surface area contributed by atoms with Crippen LogP contribution in [0.4, 0.5) is 5.69 Å². The summed E-state index contributed by atoms with van der Waals surface area (Å²) in [5, 5.41) is 8.94. The first-order chi connectivity index (χ1) is 15.4. The number of halogens is 1. The Morgan fingerprint density at radius 1 is 1.09 bits per heavy atom. The Labute approximate surface area is 191 Å². The first kappa shape index (κ1) is 23.3. The molecule has 0 saturated heterocycles. The summed E-state index contributed by atoms with van der Waals surface area (Å²) < 4.78 is 2.86. The average Bonchev–Trinajstić information content (AvgIpc) is 3.09. The van der Waals surface area contributed by atoms with E-state index in [2.05, 4.69) is 16.0 Å². The Balaban J connectivity index is 1.76. The molecule has 168 valence electrons. The number of rotatable bonds is 9. The molecule has 0 aliphatic rings. The lowest BCUT2D eigenvalue weighted by atomic mass is 10.1. The van der Waals surface area contributed by atoms with E-state index >= 15 is 0 Å². The van der Waals surface area contributed by atoms with Crippen LogP contribution in [-0.4, -0.2) is 40.8 Å². The SMILES string of the molecule is CN[C@@H](C)C(=O)Nc1cn(-c2ccccc2)n(CC(=O)NCCc2cccc(Cl)c2)c1=O. The number of benzene rings is 2. The highest BCUT2D eigenvalue weighted by atomic mass is 35.5. The first-order valence-electron chi connectivity index (χ1n) is 10.3. The van der Waals surface area contributed by atoms with E-state index in [0.29, 0.717) is 23.7 Å². The number of amides is 2. The molecule has 0 fully saturated rings. The van der Waals surface area contributed by atoms with E-state index in [0.717, 1.165) is 5.56 Å². The number of hydrogen-bond donors (Lipinski definition) is 3. The molecule has 3 N–H and O–H groups in total. The van der Waals surface area contributed by atoms with Crippen molar-refractivity contribution in [1.29, 1.82) is 0 Å². The summed E-state index contributed by atoms with van der Waals surface area (Å²) in [7, 11) is 1.66. The molecule has 2 aromatic carbocycles. The number of anilines is 1. The van der Waals surface area contributed by atoms with E-state index in [1.807, 2.05) is 48.5 Å². The van der Waals surface area contributed by atoms with Gasteiger partial charge in [-0.15, -0.1) is 0 Å². The minimum absolute atomic E-state index is 0.104. The highest BCUT2D eigenvalue weighted by molar-refractivity contribution is 6.30. The molecule has 1 heterocycles. The number of nitrogens with one attached hydrogen (secondary N) is 3. The number of para-hydroxylation sites is 1. The highest BCUT2D eigenvalue weighted by Crippen LogP contribution is 2.12. The smallest absolute Gasteiger partial charge is 0.291 e. The van der Waals surface area contributed by atoms with E-state index in [1.165, 1.54) is 10.9 Å². The van der Waals surface area contributed by atoms with Gasteiger partial charge in [-0.3, -0.25) is 19.1 Å². The molecule has 3 aromatic rings. The number of aromatic nitrogens is 2. The Bertz CT molecular complexity index is 1140. The lowest BCUT2D eigenvalue weighted by Crippen LogP contribution is -2.37. The second kappa shape index (κ2) is 10.8. The van der Waals surface area contributed by atoms with E-state index in [9.17, 15) is 14.4 Å². The summed E-state index contributed by atoms with van der Waals surface area (Å²) >= 11 is 5.99. The van der Waals surface area contributed by atoms with Crippen LogP contribution in [0.1, 0.15) is 12.5 Å². The summed E-state index contributed by atoms with van der Waals surface area (Å²) in [6.07, 6.45) is 2.14. The van der Waals surface area contributed by atoms with Crippen LogP contribution in [0, 0.1) is 0 Å². The minimum atomic E-state index is -0.474. The largest absolute Gasteiger partial charge is 0.354 e. The third-order valence-corrected chi connectivity index (χ3v) is 5.23. The molecule has 9 heteroatoms. The van der Waals surface area contributed by atoms with Gasteiger partial charge in [0.1, 0.15) is 12.2 Å². The van der Waals surface area contributed by atoms with Gasteiger partial charge in [0.15, 0.2) is 0 Å². The number of carbonyl (C=O) groups is 2. The fourth-order valence-electron chi connectivity index (χ4n) is 3.12. The Hall–Kier alpha value is -3.36. The third kappa shape index (κ3) is 5.87. The van der Waals surface area contributed by atoms with Gasteiger partial charge in [0.05, 0.1) is 17.9 Å². The van der Waals surface area contributed by atoms with Crippen LogP contribution in [0.3, 0.4) is 0 Å². The maximum atomic E-state index is 13.0. The van der Waals surface area contributed by atoms with Crippen LogP contribution in [0.2, 0.25) is 5.02 Å². The van der Waals surface area contributed by atoms with Crippen LogP contribution in [0.15, 0.2) is 65.6 Å². The molecular formula is C23H26ClN5O3. The maximum absolute atomic E-state index is 13.0. The van der Waals surface area contributed by atoms with Gasteiger partial charge in [-0.2, -0.15) is 0 Å². The molecule has 2 amide bonds. The van der Waals surface area contributed by atoms with Crippen molar-refractivity contribution in [2.45, 2.75) is 25.9 Å². The van der Waals surface area contributed by atoms with Crippen LogP contribution < -0.4 is 21.5 Å². The van der Waals surface area contributed by atoms with Gasteiger partial charge in [0, 0.05) is 11.6 Å². The van der Waals surface area contributed by atoms with Crippen molar-refractivity contribution in [3.63, 3.8) is 0 Å². The Morgan fingerprint density at radius 2 is 1.84 bits per heavy atom. The van der Waals surface area contributed by atoms with Gasteiger partial charge < -0.3 is 16.0 Å². The molecule has 1 atom stereocenters. The van der Waals surface area contributed by atoms with Crippen LogP contribution in [0.25, 0.3) is 5.69 Å². The average molecular weight is 456 g/mol. The minimum Gasteiger partial charge on any atom is -0.354 e. The lowest BCUT2D eigenvalue weighted by molar-refractivity contribution is -0.122. The molecular weight excluding hydrogens is 430 g/mol. The monoisotopic (exact) mass is 455 g/mol. The molecule has 32 heavy (non-hydrogen) atoms. The molecule has 0 saturated carbocycles. The van der Waals surface area contributed by atoms with Crippen molar-refractivity contribution >= 4 is 29.1 Å². The summed E-state index contributed by atoms with van der Waals surface area (Å²) in [6.45, 7) is 1.90. The van der Waals surface area contributed by atoms with Gasteiger partial charge in [-0.05, 0) is 50.2 Å². The summed E-state index contributed by atoms with van der Waals surface area (Å²) in [4.78, 5) is 37.8. The predicted octanol–water partition coefficient (Wildman–Crippen LogP) is 2.20. The Kier molecular flexibility index (Phi) is 7.86. The molecule has 0 aliphatic heterocycles. The number of carbonyl (C=O) groups excluding carboxylic acids is 2. The van der Waals surface area contributed by atoms with Crippen molar-refractivity contribution in [2.24, 2.45) is 0 Å². The maximum Gasteiger partial charge on any atom is 0.291 e. The summed E-state index contributed by atoms with van der Waals surface area (Å²) in [5.41, 5.74) is 1.34. The first-order valence-corrected chi connectivity index (χ1v) is 10.6. The van der Waals surface area contributed by atoms with E-state index in [1.54, 1.807) is 24.7 Å². The van der Waals surface area contributed by atoms with E-state index < -0.39 is 11.6 Å². The molecule has 0 spiro atoms. The molecule has 8 nitrogen and oxygen atoms in total. The van der Waals surface area contributed by atoms with Crippen molar-refractivity contribution in [2.75, 3.05) is 18.9 Å². The fourth-order valence-corrected chi connectivity index (χ4v) is 3.33. The van der Waals surface area contributed by atoms with Crippen molar-refractivity contribution in [1.82, 2.24) is 20.0 Å². The quantitative estimate of drug-likeness (QED) is 0.460. The summed E-state index contributed by atoms with van der Waals surface area (Å²) in [5.74, 6) is -0.654. The Morgan fingerprint density at radius 3 is 2.53 bits per heavy atom. The van der Waals surface area contributed by atoms with Crippen LogP contribution in [-0.2, 0) is 22.6 Å². The van der Waals surface area contributed by atoms with Crippen LogP contribution in [0.5, 0.6) is 0 Å². The molecule has 0 unspecified atom stereocenters. The number of hydrogen-bond acceptors (Lipinski definition) is 4. The van der Waals surface area contributed by atoms with Gasteiger partial charge in [-0.25, -0.2) is 4.68 Å². The second-order valence-electron chi connectivity index (χ2n) is 7.32. The van der Waals surface area contributed by atoms with Crippen LogP contribution >= 0.6 is 11.6 Å². The standard InChI is InChI=1S/C23H26ClN5O3/c1-16(25-2)22(31)27-20-14-28(19-9-4-3-5-10-19)29(23(20)32)15-21(30)26-12-11-17-7-6-8-18(24)13-17/h3-10,13-14,16,25H,11-12,15H2,1-2H3,(H,26,30)(H,27,31)/t16-/m0/s1. The second-order valence-corrected chi connectivity index (χ2v) is 7.75. The fraction of sp³-hybridized carbons (Fsp3) is 0.261. The van der Waals surface area contributed by atoms with Gasteiger partial charge in [-0.1, -0.05) is 41.9 Å². The van der Waals surface area contributed by atoms with Gasteiger partial charge >= 0.3 is 0 Å². The summed E-state index contributed by atoms with van der Waals surface area (Å²) in [6, 6.07) is 16.1. The molecule has 0 radical (unpaired) electrons. The van der Waals surface area contributed by atoms with Crippen molar-refractivity contribution in [3.8, 4) is 5.69 Å².